The quantitative estimate of drug-likeness (QED) is 0.116. The van der Waals surface area contributed by atoms with Gasteiger partial charge in [-0.15, -0.1) is 0 Å². The number of aromatic nitrogens is 3. The highest BCUT2D eigenvalue weighted by molar-refractivity contribution is 7.19. The van der Waals surface area contributed by atoms with Crippen molar-refractivity contribution in [1.82, 2.24) is 13.7 Å². The smallest absolute Gasteiger partial charge is 0.179 e. The molecule has 66 heavy (non-hydrogen) atoms. The number of hydrogen-bond acceptors (Lipinski definition) is 1. The molecule has 0 aliphatic carbocycles. The van der Waals surface area contributed by atoms with Crippen LogP contribution in [-0.4, -0.2) is 21.8 Å². The van der Waals surface area contributed by atoms with Gasteiger partial charge in [0.25, 0.3) is 0 Å². The highest BCUT2D eigenvalue weighted by Crippen LogP contribution is 2.39. The molecular formula is C61H40N4Si. The summed E-state index contributed by atoms with van der Waals surface area (Å²) in [5.41, 5.74) is 10.8. The van der Waals surface area contributed by atoms with Crippen molar-refractivity contribution in [2.45, 2.75) is 0 Å². The van der Waals surface area contributed by atoms with Crippen molar-refractivity contribution in [1.29, 1.82) is 5.26 Å². The van der Waals surface area contributed by atoms with E-state index in [0.29, 0.717) is 5.56 Å². The third kappa shape index (κ3) is 5.56. The van der Waals surface area contributed by atoms with Gasteiger partial charge in [0.15, 0.2) is 8.07 Å². The number of fused-ring (bicyclic) bond motifs is 9. The molecule has 0 amide bonds. The lowest BCUT2D eigenvalue weighted by molar-refractivity contribution is 1.16. The van der Waals surface area contributed by atoms with Crippen LogP contribution in [0.5, 0.6) is 0 Å². The first-order chi connectivity index (χ1) is 32.7. The fourth-order valence-electron chi connectivity index (χ4n) is 11.0. The van der Waals surface area contributed by atoms with Crippen LogP contribution in [0.3, 0.4) is 0 Å². The van der Waals surface area contributed by atoms with Crippen molar-refractivity contribution in [3.63, 3.8) is 0 Å². The molecule has 0 spiro atoms. The van der Waals surface area contributed by atoms with E-state index in [4.69, 9.17) is 0 Å². The third-order valence-electron chi connectivity index (χ3n) is 13.8. The minimum Gasteiger partial charge on any atom is -0.309 e. The minimum absolute atomic E-state index is 0.655. The first kappa shape index (κ1) is 37.8. The molecule has 0 bridgehead atoms. The predicted molar refractivity (Wildman–Crippen MR) is 278 cm³/mol. The number of rotatable bonds is 7. The van der Waals surface area contributed by atoms with Crippen LogP contribution < -0.4 is 20.7 Å². The Hall–Kier alpha value is -8.69. The molecule has 3 heterocycles. The zero-order valence-corrected chi connectivity index (χ0v) is 36.9. The van der Waals surface area contributed by atoms with E-state index in [0.717, 1.165) is 55.3 Å². The first-order valence-electron chi connectivity index (χ1n) is 22.5. The average molecular weight is 857 g/mol. The largest absolute Gasteiger partial charge is 0.309 e. The summed E-state index contributed by atoms with van der Waals surface area (Å²) in [5, 5.41) is 22.2. The summed E-state index contributed by atoms with van der Waals surface area (Å²) in [7, 11) is -2.82. The molecule has 0 unspecified atom stereocenters. The lowest BCUT2D eigenvalue weighted by Gasteiger charge is -2.34. The molecular weight excluding hydrogens is 817 g/mol. The Labute approximate surface area is 382 Å². The van der Waals surface area contributed by atoms with E-state index in [1.54, 1.807) is 0 Å². The lowest BCUT2D eigenvalue weighted by Crippen LogP contribution is -2.74. The molecule has 0 saturated carbocycles. The van der Waals surface area contributed by atoms with Crippen LogP contribution in [0.1, 0.15) is 5.56 Å². The maximum absolute atomic E-state index is 9.89. The Morgan fingerprint density at radius 3 is 1.08 bits per heavy atom. The molecule has 0 atom stereocenters. The van der Waals surface area contributed by atoms with Crippen molar-refractivity contribution in [2.24, 2.45) is 0 Å². The third-order valence-corrected chi connectivity index (χ3v) is 18.6. The maximum Gasteiger partial charge on any atom is 0.179 e. The van der Waals surface area contributed by atoms with E-state index < -0.39 is 8.07 Å². The van der Waals surface area contributed by atoms with Crippen molar-refractivity contribution < 1.29 is 0 Å². The molecule has 13 rings (SSSR count). The second-order valence-corrected chi connectivity index (χ2v) is 21.0. The predicted octanol–water partition coefficient (Wildman–Crippen LogP) is 12.2. The number of para-hydroxylation sites is 3. The molecule has 4 nitrogen and oxygen atoms in total. The van der Waals surface area contributed by atoms with Gasteiger partial charge in [-0.3, -0.25) is 0 Å². The summed E-state index contributed by atoms with van der Waals surface area (Å²) in [6, 6.07) is 91.1. The van der Waals surface area contributed by atoms with E-state index in [2.05, 4.69) is 250 Å². The van der Waals surface area contributed by atoms with Crippen LogP contribution in [0.4, 0.5) is 0 Å². The topological polar surface area (TPSA) is 38.6 Å². The van der Waals surface area contributed by atoms with Crippen LogP contribution in [0.25, 0.3) is 82.5 Å². The first-order valence-corrected chi connectivity index (χ1v) is 24.5. The molecule has 0 radical (unpaired) electrons. The minimum atomic E-state index is -2.82. The summed E-state index contributed by atoms with van der Waals surface area (Å²) in [4.78, 5) is 0. The molecule has 13 aromatic rings. The molecule has 0 N–H and O–H groups in total. The number of benzene rings is 10. The maximum atomic E-state index is 9.89. The normalized spacial score (nSPS) is 11.9. The van der Waals surface area contributed by atoms with E-state index in [-0.39, 0.29) is 0 Å². The van der Waals surface area contributed by atoms with Gasteiger partial charge in [-0.05, 0) is 106 Å². The van der Waals surface area contributed by atoms with Gasteiger partial charge < -0.3 is 13.7 Å². The Kier molecular flexibility index (Phi) is 8.57. The van der Waals surface area contributed by atoms with Gasteiger partial charge in [-0.1, -0.05) is 158 Å². The van der Waals surface area contributed by atoms with Crippen molar-refractivity contribution in [3.05, 3.63) is 248 Å². The Morgan fingerprint density at radius 2 is 0.621 bits per heavy atom. The van der Waals surface area contributed by atoms with Gasteiger partial charge in [0.1, 0.15) is 0 Å². The standard InChI is InChI=1S/C61H40N4Si/c62-41-42-31-34-59-53(37-42)52-27-12-15-30-58(52)65(59)45-33-36-61-55(40-45)54-39-44(64-56-28-13-10-25-50(56)51-26-11-14-29-57(51)64)32-35-60(54)63(61)43-17-16-24-49(38-43)66(46-18-4-1-5-19-46,47-20-6-2-7-21-47)48-22-8-3-9-23-48/h1-40H. The van der Waals surface area contributed by atoms with Gasteiger partial charge in [0.05, 0.1) is 44.7 Å². The molecule has 0 aliphatic rings. The second-order valence-electron chi connectivity index (χ2n) is 17.2. The van der Waals surface area contributed by atoms with Crippen LogP contribution in [0, 0.1) is 11.3 Å². The van der Waals surface area contributed by atoms with Crippen LogP contribution in [0.2, 0.25) is 0 Å². The summed E-state index contributed by atoms with van der Waals surface area (Å²) in [6.45, 7) is 0. The van der Waals surface area contributed by atoms with Crippen molar-refractivity contribution in [3.8, 4) is 23.1 Å². The second kappa shape index (κ2) is 15.0. The molecule has 10 aromatic carbocycles. The summed E-state index contributed by atoms with van der Waals surface area (Å²) >= 11 is 0. The van der Waals surface area contributed by atoms with E-state index >= 15 is 0 Å². The van der Waals surface area contributed by atoms with Gasteiger partial charge in [0.2, 0.25) is 0 Å². The number of nitriles is 1. The fourth-order valence-corrected chi connectivity index (χ4v) is 15.8. The molecule has 0 fully saturated rings. The number of hydrogen-bond donors (Lipinski definition) is 0. The van der Waals surface area contributed by atoms with E-state index in [1.165, 1.54) is 47.9 Å². The Morgan fingerprint density at radius 1 is 0.273 bits per heavy atom. The van der Waals surface area contributed by atoms with Gasteiger partial charge in [0, 0.05) is 49.4 Å². The highest BCUT2D eigenvalue weighted by Gasteiger charge is 2.41. The molecule has 308 valence electrons. The zero-order chi connectivity index (χ0) is 43.8. The molecule has 5 heteroatoms. The fraction of sp³-hybridized carbons (Fsp3) is 0. The number of nitrogens with zero attached hydrogens (tertiary/aromatic N) is 4. The zero-order valence-electron chi connectivity index (χ0n) is 35.9. The van der Waals surface area contributed by atoms with Crippen molar-refractivity contribution in [2.75, 3.05) is 0 Å². The monoisotopic (exact) mass is 856 g/mol. The Bertz CT molecular complexity index is 3910. The SMILES string of the molecule is N#Cc1ccc2c(c1)c1ccccc1n2-c1ccc2c(c1)c1cc(-n3c4ccccc4c4ccccc43)ccc1n2-c1cccc([Si](c2ccccc2)(c2ccccc2)c2ccccc2)c1. The lowest BCUT2D eigenvalue weighted by atomic mass is 10.1. The summed E-state index contributed by atoms with van der Waals surface area (Å²) in [5.74, 6) is 0. The van der Waals surface area contributed by atoms with Crippen LogP contribution in [0.15, 0.2) is 243 Å². The summed E-state index contributed by atoms with van der Waals surface area (Å²) < 4.78 is 7.24. The van der Waals surface area contributed by atoms with Gasteiger partial charge in [-0.2, -0.15) is 5.26 Å². The van der Waals surface area contributed by atoms with E-state index in [9.17, 15) is 5.26 Å². The Balaban J connectivity index is 1.11. The van der Waals surface area contributed by atoms with Crippen LogP contribution >= 0.6 is 0 Å². The summed E-state index contributed by atoms with van der Waals surface area (Å²) in [6.07, 6.45) is 0. The van der Waals surface area contributed by atoms with E-state index in [1.807, 2.05) is 12.1 Å². The average Bonchev–Trinajstić information content (AvgIpc) is 4.02. The van der Waals surface area contributed by atoms with Gasteiger partial charge >= 0.3 is 0 Å². The highest BCUT2D eigenvalue weighted by atomic mass is 28.3. The van der Waals surface area contributed by atoms with Crippen LogP contribution in [-0.2, 0) is 0 Å². The van der Waals surface area contributed by atoms with Gasteiger partial charge in [-0.25, -0.2) is 0 Å². The molecule has 0 aliphatic heterocycles. The molecule has 3 aromatic heterocycles. The molecule has 0 saturated heterocycles. The van der Waals surface area contributed by atoms with Crippen molar-refractivity contribution >= 4 is 94.2 Å².